The van der Waals surface area contributed by atoms with Gasteiger partial charge in [0.2, 0.25) is 0 Å². The lowest BCUT2D eigenvalue weighted by Crippen LogP contribution is -2.51. The molecule has 0 radical (unpaired) electrons. The molecule has 1 fully saturated rings. The van der Waals surface area contributed by atoms with E-state index in [0.717, 1.165) is 48.6 Å². The van der Waals surface area contributed by atoms with Gasteiger partial charge in [0.05, 0.1) is 6.04 Å². The Hall–Kier alpha value is -2.53. The van der Waals surface area contributed by atoms with Gasteiger partial charge in [0.15, 0.2) is 11.5 Å². The SMILES string of the molecule is CNC(C1CCN(C(=O)c2cccc(C)c2)CC1)C1Oc2ccccc2O1. The van der Waals surface area contributed by atoms with Crippen molar-refractivity contribution >= 4 is 5.91 Å². The molecule has 1 amide bonds. The summed E-state index contributed by atoms with van der Waals surface area (Å²) < 4.78 is 12.0. The van der Waals surface area contributed by atoms with E-state index in [-0.39, 0.29) is 18.2 Å². The van der Waals surface area contributed by atoms with E-state index in [1.165, 1.54) is 0 Å². The molecule has 2 aliphatic heterocycles. The summed E-state index contributed by atoms with van der Waals surface area (Å²) in [6.45, 7) is 3.53. The molecule has 27 heavy (non-hydrogen) atoms. The minimum Gasteiger partial charge on any atom is -0.449 e. The van der Waals surface area contributed by atoms with Crippen molar-refractivity contribution in [3.63, 3.8) is 0 Å². The first-order valence-corrected chi connectivity index (χ1v) is 9.61. The third kappa shape index (κ3) is 3.65. The highest BCUT2D eigenvalue weighted by atomic mass is 16.7. The normalized spacial score (nSPS) is 18.5. The fraction of sp³-hybridized carbons (Fsp3) is 0.409. The Bertz CT molecular complexity index is 790. The summed E-state index contributed by atoms with van der Waals surface area (Å²) in [7, 11) is 1.95. The monoisotopic (exact) mass is 366 g/mol. The summed E-state index contributed by atoms with van der Waals surface area (Å²) in [4.78, 5) is 14.7. The predicted octanol–water partition coefficient (Wildman–Crippen LogP) is 3.23. The van der Waals surface area contributed by atoms with Crippen molar-refractivity contribution in [3.8, 4) is 11.5 Å². The number of carbonyl (C=O) groups is 1. The van der Waals surface area contributed by atoms with E-state index in [2.05, 4.69) is 5.32 Å². The van der Waals surface area contributed by atoms with Crippen molar-refractivity contribution < 1.29 is 14.3 Å². The van der Waals surface area contributed by atoms with Crippen molar-refractivity contribution in [1.29, 1.82) is 0 Å². The van der Waals surface area contributed by atoms with Crippen LogP contribution in [-0.4, -0.2) is 43.3 Å². The number of amides is 1. The van der Waals surface area contributed by atoms with E-state index >= 15 is 0 Å². The van der Waals surface area contributed by atoms with Gasteiger partial charge >= 0.3 is 0 Å². The van der Waals surface area contributed by atoms with Gasteiger partial charge in [0.1, 0.15) is 0 Å². The number of hydrogen-bond acceptors (Lipinski definition) is 4. The smallest absolute Gasteiger partial charge is 0.256 e. The molecule has 0 aliphatic carbocycles. The van der Waals surface area contributed by atoms with Crippen LogP contribution in [0.25, 0.3) is 0 Å². The highest BCUT2D eigenvalue weighted by Gasteiger charge is 2.38. The Labute approximate surface area is 160 Å². The lowest BCUT2D eigenvalue weighted by Gasteiger charge is -2.37. The zero-order chi connectivity index (χ0) is 18.8. The first-order valence-electron chi connectivity index (χ1n) is 9.61. The zero-order valence-electron chi connectivity index (χ0n) is 15.9. The Morgan fingerprint density at radius 2 is 1.74 bits per heavy atom. The number of benzene rings is 2. The third-order valence-corrected chi connectivity index (χ3v) is 5.56. The Balaban J connectivity index is 1.37. The zero-order valence-corrected chi connectivity index (χ0v) is 15.9. The number of fused-ring (bicyclic) bond motifs is 1. The molecule has 0 aromatic heterocycles. The predicted molar refractivity (Wildman–Crippen MR) is 104 cm³/mol. The Kier molecular flexibility index (Phi) is 5.03. The van der Waals surface area contributed by atoms with Gasteiger partial charge < -0.3 is 19.7 Å². The highest BCUT2D eigenvalue weighted by molar-refractivity contribution is 5.94. The maximum absolute atomic E-state index is 12.8. The number of aryl methyl sites for hydroxylation is 1. The molecule has 142 valence electrons. The molecule has 1 saturated heterocycles. The fourth-order valence-electron chi connectivity index (χ4n) is 4.08. The summed E-state index contributed by atoms with van der Waals surface area (Å²) in [5.74, 6) is 2.12. The molecular weight excluding hydrogens is 340 g/mol. The van der Waals surface area contributed by atoms with Crippen LogP contribution in [0.15, 0.2) is 48.5 Å². The van der Waals surface area contributed by atoms with E-state index in [1.54, 1.807) is 0 Å². The lowest BCUT2D eigenvalue weighted by atomic mass is 9.88. The number of piperidine rings is 1. The molecule has 1 N–H and O–H groups in total. The van der Waals surface area contributed by atoms with Crippen LogP contribution in [0, 0.1) is 12.8 Å². The fourth-order valence-corrected chi connectivity index (χ4v) is 4.08. The van der Waals surface area contributed by atoms with Crippen LogP contribution in [0.3, 0.4) is 0 Å². The molecule has 0 saturated carbocycles. The second kappa shape index (κ2) is 7.61. The van der Waals surface area contributed by atoms with Crippen LogP contribution < -0.4 is 14.8 Å². The molecule has 0 bridgehead atoms. The second-order valence-electron chi connectivity index (χ2n) is 7.36. The van der Waals surface area contributed by atoms with Crippen LogP contribution in [-0.2, 0) is 0 Å². The molecule has 2 aromatic rings. The summed E-state index contributed by atoms with van der Waals surface area (Å²) >= 11 is 0. The van der Waals surface area contributed by atoms with Crippen LogP contribution in [0.2, 0.25) is 0 Å². The van der Waals surface area contributed by atoms with E-state index < -0.39 is 0 Å². The minimum absolute atomic E-state index is 0.0913. The highest BCUT2D eigenvalue weighted by Crippen LogP contribution is 2.37. The first kappa shape index (κ1) is 17.9. The molecule has 5 nitrogen and oxygen atoms in total. The minimum atomic E-state index is -0.323. The lowest BCUT2D eigenvalue weighted by molar-refractivity contribution is -0.0129. The van der Waals surface area contributed by atoms with Crippen molar-refractivity contribution in [2.75, 3.05) is 20.1 Å². The molecule has 2 aliphatic rings. The number of para-hydroxylation sites is 2. The number of hydrogen-bond donors (Lipinski definition) is 1. The summed E-state index contributed by atoms with van der Waals surface area (Å²) in [6, 6.07) is 15.7. The number of nitrogens with one attached hydrogen (secondary N) is 1. The molecule has 4 rings (SSSR count). The van der Waals surface area contributed by atoms with Gasteiger partial charge in [-0.05, 0) is 57.0 Å². The number of ether oxygens (including phenoxy) is 2. The largest absolute Gasteiger partial charge is 0.449 e. The molecular formula is C22H26N2O3. The van der Waals surface area contributed by atoms with E-state index in [9.17, 15) is 4.79 Å². The summed E-state index contributed by atoms with van der Waals surface area (Å²) in [5.41, 5.74) is 1.89. The quantitative estimate of drug-likeness (QED) is 0.903. The van der Waals surface area contributed by atoms with Gasteiger partial charge in [0.25, 0.3) is 12.2 Å². The van der Waals surface area contributed by atoms with Gasteiger partial charge in [-0.2, -0.15) is 0 Å². The molecule has 5 heteroatoms. The number of likely N-dealkylation sites (N-methyl/N-ethyl adjacent to an activating group) is 1. The van der Waals surface area contributed by atoms with Crippen molar-refractivity contribution in [1.82, 2.24) is 10.2 Å². The molecule has 1 unspecified atom stereocenters. The summed E-state index contributed by atoms with van der Waals surface area (Å²) in [5, 5.41) is 3.38. The summed E-state index contributed by atoms with van der Waals surface area (Å²) in [6.07, 6.45) is 1.54. The number of nitrogens with zero attached hydrogens (tertiary/aromatic N) is 1. The van der Waals surface area contributed by atoms with E-state index in [0.29, 0.717) is 5.92 Å². The number of carbonyl (C=O) groups excluding carboxylic acids is 1. The van der Waals surface area contributed by atoms with Gasteiger partial charge in [-0.25, -0.2) is 0 Å². The molecule has 2 aromatic carbocycles. The molecule has 0 spiro atoms. The number of likely N-dealkylation sites (tertiary alicyclic amines) is 1. The van der Waals surface area contributed by atoms with E-state index in [4.69, 9.17) is 9.47 Å². The maximum Gasteiger partial charge on any atom is 0.256 e. The van der Waals surface area contributed by atoms with Gasteiger partial charge in [-0.3, -0.25) is 4.79 Å². The third-order valence-electron chi connectivity index (χ3n) is 5.56. The number of rotatable bonds is 4. The van der Waals surface area contributed by atoms with Gasteiger partial charge in [-0.15, -0.1) is 0 Å². The van der Waals surface area contributed by atoms with Gasteiger partial charge in [-0.1, -0.05) is 29.8 Å². The Morgan fingerprint density at radius 3 is 2.33 bits per heavy atom. The molecule has 1 atom stereocenters. The standard InChI is InChI=1S/C22H26N2O3/c1-15-6-5-7-17(14-15)21(25)24-12-10-16(11-13-24)20(23-2)22-26-18-8-3-4-9-19(18)27-22/h3-9,14,16,20,22-23H,10-13H2,1-2H3. The van der Waals surface area contributed by atoms with E-state index in [1.807, 2.05) is 67.4 Å². The van der Waals surface area contributed by atoms with Crippen molar-refractivity contribution in [2.45, 2.75) is 32.1 Å². The molecule has 2 heterocycles. The second-order valence-corrected chi connectivity index (χ2v) is 7.36. The maximum atomic E-state index is 12.8. The van der Waals surface area contributed by atoms with Gasteiger partial charge in [0, 0.05) is 18.7 Å². The topological polar surface area (TPSA) is 50.8 Å². The van der Waals surface area contributed by atoms with Crippen molar-refractivity contribution in [3.05, 3.63) is 59.7 Å². The van der Waals surface area contributed by atoms with Crippen LogP contribution in [0.4, 0.5) is 0 Å². The average molecular weight is 366 g/mol. The Morgan fingerprint density at radius 1 is 1.07 bits per heavy atom. The average Bonchev–Trinajstić information content (AvgIpc) is 3.12. The van der Waals surface area contributed by atoms with Crippen LogP contribution >= 0.6 is 0 Å². The first-order chi connectivity index (χ1) is 13.2. The van der Waals surface area contributed by atoms with Crippen molar-refractivity contribution in [2.24, 2.45) is 5.92 Å². The van der Waals surface area contributed by atoms with Crippen LogP contribution in [0.5, 0.6) is 11.5 Å². The van der Waals surface area contributed by atoms with Crippen LogP contribution in [0.1, 0.15) is 28.8 Å².